The van der Waals surface area contributed by atoms with Gasteiger partial charge < -0.3 is 4.42 Å². The zero-order valence-corrected chi connectivity index (χ0v) is 15.8. The van der Waals surface area contributed by atoms with Gasteiger partial charge in [-0.1, -0.05) is 19.1 Å². The molecular formula is C16H22N2O5S2. The molecule has 0 unspecified atom stereocenters. The molecule has 0 fully saturated rings. The summed E-state index contributed by atoms with van der Waals surface area (Å²) in [7, 11) is -7.18. The predicted molar refractivity (Wildman–Crippen MR) is 95.0 cm³/mol. The first-order valence-corrected chi connectivity index (χ1v) is 11.1. The van der Waals surface area contributed by atoms with Crippen LogP contribution in [0.15, 0.2) is 52.0 Å². The fourth-order valence-corrected chi connectivity index (χ4v) is 4.04. The van der Waals surface area contributed by atoms with Crippen molar-refractivity contribution in [3.8, 4) is 0 Å². The lowest BCUT2D eigenvalue weighted by Crippen LogP contribution is -2.37. The van der Waals surface area contributed by atoms with Gasteiger partial charge >= 0.3 is 0 Å². The van der Waals surface area contributed by atoms with Crippen LogP contribution in [0.5, 0.6) is 0 Å². The van der Waals surface area contributed by atoms with Gasteiger partial charge in [0.25, 0.3) is 0 Å². The van der Waals surface area contributed by atoms with Crippen LogP contribution in [-0.2, 0) is 33.0 Å². The first-order valence-electron chi connectivity index (χ1n) is 7.78. The molecule has 1 aromatic carbocycles. The quantitative estimate of drug-likeness (QED) is 0.706. The van der Waals surface area contributed by atoms with Gasteiger partial charge in [0.05, 0.1) is 24.0 Å². The highest BCUT2D eigenvalue weighted by Gasteiger charge is 2.20. The minimum absolute atomic E-state index is 0.00576. The molecular weight excluding hydrogens is 364 g/mol. The van der Waals surface area contributed by atoms with Crippen LogP contribution >= 0.6 is 0 Å². The Labute approximate surface area is 148 Å². The van der Waals surface area contributed by atoms with E-state index < -0.39 is 20.0 Å². The highest BCUT2D eigenvalue weighted by atomic mass is 32.2. The van der Waals surface area contributed by atoms with Crippen LogP contribution in [0, 0.1) is 0 Å². The lowest BCUT2D eigenvalue weighted by Gasteiger charge is -2.19. The molecule has 1 aromatic heterocycles. The van der Waals surface area contributed by atoms with Gasteiger partial charge in [0.1, 0.15) is 5.76 Å². The highest BCUT2D eigenvalue weighted by Crippen LogP contribution is 2.12. The van der Waals surface area contributed by atoms with Crippen LogP contribution in [0.4, 0.5) is 0 Å². The number of rotatable bonds is 9. The molecule has 0 saturated heterocycles. The maximum Gasteiger partial charge on any atom is 0.240 e. The summed E-state index contributed by atoms with van der Waals surface area (Å²) < 4.78 is 57.0. The Kier molecular flexibility index (Phi) is 6.39. The maximum atomic E-state index is 12.3. The number of nitrogens with zero attached hydrogens (tertiary/aromatic N) is 1. The van der Waals surface area contributed by atoms with Crippen molar-refractivity contribution >= 4 is 20.0 Å². The molecule has 9 heteroatoms. The molecule has 25 heavy (non-hydrogen) atoms. The van der Waals surface area contributed by atoms with Crippen LogP contribution in [0.1, 0.15) is 18.2 Å². The topological polar surface area (TPSA) is 96.7 Å². The molecule has 2 aromatic rings. The Hall–Kier alpha value is -1.68. The van der Waals surface area contributed by atoms with E-state index in [2.05, 4.69) is 4.72 Å². The second-order valence-electron chi connectivity index (χ2n) is 5.57. The second kappa shape index (κ2) is 8.13. The SMILES string of the molecule is CCc1ccc(S(=O)(=O)NCCN(Cc2ccco2)S(C)(=O)=O)cc1. The molecule has 0 aliphatic rings. The molecule has 7 nitrogen and oxygen atoms in total. The number of hydrogen-bond donors (Lipinski definition) is 1. The zero-order chi connectivity index (χ0) is 18.5. The van der Waals surface area contributed by atoms with E-state index >= 15 is 0 Å². The van der Waals surface area contributed by atoms with Crippen LogP contribution in [0.2, 0.25) is 0 Å². The predicted octanol–water partition coefficient (Wildman–Crippen LogP) is 1.58. The average molecular weight is 386 g/mol. The van der Waals surface area contributed by atoms with Crippen molar-refractivity contribution in [2.75, 3.05) is 19.3 Å². The fraction of sp³-hybridized carbons (Fsp3) is 0.375. The van der Waals surface area contributed by atoms with Crippen molar-refractivity contribution in [2.24, 2.45) is 0 Å². The third-order valence-electron chi connectivity index (χ3n) is 3.68. The largest absolute Gasteiger partial charge is 0.468 e. The Morgan fingerprint density at radius 2 is 1.76 bits per heavy atom. The van der Waals surface area contributed by atoms with Crippen molar-refractivity contribution in [3.05, 3.63) is 54.0 Å². The molecule has 0 aliphatic carbocycles. The maximum absolute atomic E-state index is 12.3. The summed E-state index contributed by atoms with van der Waals surface area (Å²) in [4.78, 5) is 0.154. The van der Waals surface area contributed by atoms with Gasteiger partial charge in [-0.15, -0.1) is 0 Å². The molecule has 0 atom stereocenters. The molecule has 2 rings (SSSR count). The van der Waals surface area contributed by atoms with E-state index in [0.717, 1.165) is 22.5 Å². The molecule has 0 spiro atoms. The Morgan fingerprint density at radius 1 is 1.08 bits per heavy atom. The summed E-state index contributed by atoms with van der Waals surface area (Å²) >= 11 is 0. The Bertz CT molecular complexity index is 873. The number of aryl methyl sites for hydroxylation is 1. The number of furan rings is 1. The molecule has 1 heterocycles. The van der Waals surface area contributed by atoms with E-state index in [9.17, 15) is 16.8 Å². The summed E-state index contributed by atoms with van der Waals surface area (Å²) in [5.74, 6) is 0.489. The molecule has 0 bridgehead atoms. The average Bonchev–Trinajstić information content (AvgIpc) is 3.06. The van der Waals surface area contributed by atoms with Crippen molar-refractivity contribution < 1.29 is 21.3 Å². The summed E-state index contributed by atoms with van der Waals surface area (Å²) in [6, 6.07) is 9.93. The molecule has 0 aliphatic heterocycles. The third-order valence-corrected chi connectivity index (χ3v) is 6.40. The van der Waals surface area contributed by atoms with Crippen LogP contribution < -0.4 is 4.72 Å². The number of nitrogens with one attached hydrogen (secondary N) is 1. The van der Waals surface area contributed by atoms with Crippen LogP contribution in [0.3, 0.4) is 0 Å². The van der Waals surface area contributed by atoms with Crippen molar-refractivity contribution in [2.45, 2.75) is 24.8 Å². The smallest absolute Gasteiger partial charge is 0.240 e. The van der Waals surface area contributed by atoms with E-state index in [1.807, 2.05) is 6.92 Å². The van der Waals surface area contributed by atoms with Crippen LogP contribution in [-0.4, -0.2) is 40.5 Å². The molecule has 0 amide bonds. The van der Waals surface area contributed by atoms with Crippen molar-refractivity contribution in [1.82, 2.24) is 9.03 Å². The van der Waals surface area contributed by atoms with Crippen LogP contribution in [0.25, 0.3) is 0 Å². The minimum Gasteiger partial charge on any atom is -0.468 e. The first kappa shape index (κ1) is 19.6. The molecule has 0 radical (unpaired) electrons. The normalized spacial score (nSPS) is 12.6. The Balaban J connectivity index is 2.00. The highest BCUT2D eigenvalue weighted by molar-refractivity contribution is 7.89. The fourth-order valence-electron chi connectivity index (χ4n) is 2.23. The summed E-state index contributed by atoms with van der Waals surface area (Å²) in [5.41, 5.74) is 1.04. The van der Waals surface area contributed by atoms with Crippen molar-refractivity contribution in [1.29, 1.82) is 0 Å². The standard InChI is InChI=1S/C16H22N2O5S2/c1-3-14-6-8-16(9-7-14)25(21,22)17-10-11-18(24(2,19)20)13-15-5-4-12-23-15/h4-9,12,17H,3,10-11,13H2,1-2H3. The van der Waals surface area contributed by atoms with Gasteiger partial charge in [-0.25, -0.2) is 21.6 Å². The van der Waals surface area contributed by atoms with Gasteiger partial charge in [-0.3, -0.25) is 0 Å². The summed E-state index contributed by atoms with van der Waals surface area (Å²) in [6.45, 7) is 2.01. The van der Waals surface area contributed by atoms with E-state index in [4.69, 9.17) is 4.42 Å². The van der Waals surface area contributed by atoms with Gasteiger partial charge in [0.2, 0.25) is 20.0 Å². The van der Waals surface area contributed by atoms with Gasteiger partial charge in [0.15, 0.2) is 0 Å². The van der Waals surface area contributed by atoms with Gasteiger partial charge in [-0.2, -0.15) is 4.31 Å². The zero-order valence-electron chi connectivity index (χ0n) is 14.2. The monoisotopic (exact) mass is 386 g/mol. The van der Waals surface area contributed by atoms with Gasteiger partial charge in [-0.05, 0) is 36.2 Å². The lowest BCUT2D eigenvalue weighted by molar-refractivity contribution is 0.368. The molecule has 1 N–H and O–H groups in total. The second-order valence-corrected chi connectivity index (χ2v) is 9.32. The third kappa shape index (κ3) is 5.67. The van der Waals surface area contributed by atoms with Gasteiger partial charge in [0, 0.05) is 13.1 Å². The Morgan fingerprint density at radius 3 is 2.28 bits per heavy atom. The number of sulfonamides is 2. The molecule has 0 saturated carbocycles. The van der Waals surface area contributed by atoms with E-state index in [-0.39, 0.29) is 24.5 Å². The minimum atomic E-state index is -3.68. The van der Waals surface area contributed by atoms with E-state index in [1.54, 1.807) is 36.4 Å². The molecule has 138 valence electrons. The summed E-state index contributed by atoms with van der Waals surface area (Å²) in [5, 5.41) is 0. The summed E-state index contributed by atoms with van der Waals surface area (Å²) in [6.07, 6.45) is 3.36. The van der Waals surface area contributed by atoms with E-state index in [0.29, 0.717) is 5.76 Å². The lowest BCUT2D eigenvalue weighted by atomic mass is 10.2. The number of hydrogen-bond acceptors (Lipinski definition) is 5. The van der Waals surface area contributed by atoms with Crippen molar-refractivity contribution in [3.63, 3.8) is 0 Å². The van der Waals surface area contributed by atoms with E-state index in [1.165, 1.54) is 6.26 Å². The number of benzene rings is 1. The first-order chi connectivity index (χ1) is 11.7.